The van der Waals surface area contributed by atoms with Gasteiger partial charge in [0.1, 0.15) is 5.00 Å². The molecule has 30 heavy (non-hydrogen) atoms. The van der Waals surface area contributed by atoms with Crippen LogP contribution in [0.5, 0.6) is 0 Å². The summed E-state index contributed by atoms with van der Waals surface area (Å²) in [7, 11) is 1.70. The first kappa shape index (κ1) is 21.8. The summed E-state index contributed by atoms with van der Waals surface area (Å²) >= 11 is 1.40. The fourth-order valence-electron chi connectivity index (χ4n) is 3.39. The number of rotatable bonds is 7. The van der Waals surface area contributed by atoms with Gasteiger partial charge >= 0.3 is 11.9 Å². The number of aryl methyl sites for hydroxylation is 1. The highest BCUT2D eigenvalue weighted by atomic mass is 32.1. The number of ether oxygens (including phenoxy) is 2. The van der Waals surface area contributed by atoms with Gasteiger partial charge in [-0.25, -0.2) is 9.59 Å². The quantitative estimate of drug-likeness (QED) is 0.644. The molecule has 1 amide bonds. The molecule has 0 bridgehead atoms. The summed E-state index contributed by atoms with van der Waals surface area (Å²) in [5, 5.41) is 6.12. The molecule has 2 N–H and O–H groups in total. The summed E-state index contributed by atoms with van der Waals surface area (Å²) in [6.45, 7) is 3.13. The third-order valence-corrected chi connectivity index (χ3v) is 5.93. The Hall–Kier alpha value is -2.87. The first-order valence-corrected chi connectivity index (χ1v) is 10.8. The van der Waals surface area contributed by atoms with E-state index in [1.54, 1.807) is 45.2 Å². The van der Waals surface area contributed by atoms with Crippen LogP contribution in [0.3, 0.4) is 0 Å². The molecule has 1 heterocycles. The molecule has 1 aromatic carbocycles. The van der Waals surface area contributed by atoms with Crippen molar-refractivity contribution in [2.45, 2.75) is 45.6 Å². The van der Waals surface area contributed by atoms with Gasteiger partial charge in [0.25, 0.3) is 5.91 Å². The number of carbonyl (C=O) groups is 3. The van der Waals surface area contributed by atoms with Crippen molar-refractivity contribution in [2.24, 2.45) is 0 Å². The van der Waals surface area contributed by atoms with Crippen LogP contribution in [-0.2, 0) is 27.1 Å². The van der Waals surface area contributed by atoms with E-state index in [4.69, 9.17) is 9.47 Å². The number of amides is 1. The molecule has 0 atom stereocenters. The van der Waals surface area contributed by atoms with E-state index in [0.717, 1.165) is 36.1 Å². The van der Waals surface area contributed by atoms with Gasteiger partial charge in [-0.3, -0.25) is 4.79 Å². The smallest absolute Gasteiger partial charge is 0.341 e. The lowest BCUT2D eigenvalue weighted by Crippen LogP contribution is -2.22. The lowest BCUT2D eigenvalue weighted by Gasteiger charge is -2.14. The van der Waals surface area contributed by atoms with Gasteiger partial charge in [0.2, 0.25) is 0 Å². The van der Waals surface area contributed by atoms with Gasteiger partial charge in [-0.2, -0.15) is 0 Å². The standard InChI is InChI=1S/C22H26N2O5S/c1-13(2)29-22(27)19-15-9-5-7-11-17(15)30-20(19)24-18(25)12-28-21(26)14-8-4-6-10-16(14)23-3/h4,6,8,10,13,23H,5,7,9,11-12H2,1-3H3,(H,24,25). The summed E-state index contributed by atoms with van der Waals surface area (Å²) in [5.41, 5.74) is 2.36. The van der Waals surface area contributed by atoms with E-state index in [-0.39, 0.29) is 6.10 Å². The second kappa shape index (κ2) is 9.75. The topological polar surface area (TPSA) is 93.7 Å². The Morgan fingerprint density at radius 1 is 1.10 bits per heavy atom. The third-order valence-electron chi connectivity index (χ3n) is 4.72. The number of carbonyl (C=O) groups excluding carboxylic acids is 3. The number of fused-ring (bicyclic) bond motifs is 1. The van der Waals surface area contributed by atoms with Crippen LogP contribution in [0.1, 0.15) is 57.8 Å². The van der Waals surface area contributed by atoms with Gasteiger partial charge in [0.15, 0.2) is 6.61 Å². The van der Waals surface area contributed by atoms with Crippen LogP contribution < -0.4 is 10.6 Å². The number of benzene rings is 1. The largest absolute Gasteiger partial charge is 0.459 e. The van der Waals surface area contributed by atoms with Crippen molar-refractivity contribution in [3.05, 3.63) is 45.8 Å². The lowest BCUT2D eigenvalue weighted by atomic mass is 9.95. The fourth-order valence-corrected chi connectivity index (χ4v) is 4.69. The molecule has 160 valence electrons. The number of esters is 2. The van der Waals surface area contributed by atoms with Crippen LogP contribution in [0.4, 0.5) is 10.7 Å². The minimum atomic E-state index is -0.597. The molecule has 1 aliphatic rings. The second-order valence-electron chi connectivity index (χ2n) is 7.29. The van der Waals surface area contributed by atoms with Gasteiger partial charge in [-0.15, -0.1) is 11.3 Å². The number of hydrogen-bond acceptors (Lipinski definition) is 7. The van der Waals surface area contributed by atoms with Gasteiger partial charge in [0, 0.05) is 17.6 Å². The van der Waals surface area contributed by atoms with Crippen molar-refractivity contribution in [1.29, 1.82) is 0 Å². The molecule has 0 radical (unpaired) electrons. The van der Waals surface area contributed by atoms with Gasteiger partial charge < -0.3 is 20.1 Å². The lowest BCUT2D eigenvalue weighted by molar-refractivity contribution is -0.119. The maximum absolute atomic E-state index is 12.7. The summed E-state index contributed by atoms with van der Waals surface area (Å²) in [5.74, 6) is -1.53. The number of thiophene rings is 1. The zero-order valence-electron chi connectivity index (χ0n) is 17.4. The predicted octanol–water partition coefficient (Wildman–Crippen LogP) is 4.03. The maximum Gasteiger partial charge on any atom is 0.341 e. The normalized spacial score (nSPS) is 12.8. The average molecular weight is 431 g/mol. The highest BCUT2D eigenvalue weighted by Gasteiger charge is 2.28. The van der Waals surface area contributed by atoms with Gasteiger partial charge in [-0.1, -0.05) is 12.1 Å². The molecule has 0 unspecified atom stereocenters. The zero-order valence-corrected chi connectivity index (χ0v) is 18.2. The van der Waals surface area contributed by atoms with Crippen molar-refractivity contribution < 1.29 is 23.9 Å². The first-order chi connectivity index (χ1) is 14.4. The maximum atomic E-state index is 12.7. The molecule has 1 aliphatic carbocycles. The molecular formula is C22H26N2O5S. The summed E-state index contributed by atoms with van der Waals surface area (Å²) in [4.78, 5) is 38.5. The van der Waals surface area contributed by atoms with Crippen molar-refractivity contribution in [3.63, 3.8) is 0 Å². The molecule has 7 nitrogen and oxygen atoms in total. The van der Waals surface area contributed by atoms with Gasteiger partial charge in [0.05, 0.1) is 17.2 Å². The number of para-hydroxylation sites is 1. The number of anilines is 2. The summed E-state index contributed by atoms with van der Waals surface area (Å²) < 4.78 is 10.6. The van der Waals surface area contributed by atoms with E-state index < -0.39 is 24.5 Å². The minimum Gasteiger partial charge on any atom is -0.459 e. The van der Waals surface area contributed by atoms with E-state index in [1.807, 2.05) is 0 Å². The minimum absolute atomic E-state index is 0.256. The molecule has 0 spiro atoms. The highest BCUT2D eigenvalue weighted by molar-refractivity contribution is 7.17. The number of nitrogens with one attached hydrogen (secondary N) is 2. The van der Waals surface area contributed by atoms with Crippen molar-refractivity contribution in [1.82, 2.24) is 0 Å². The molecule has 8 heteroatoms. The highest BCUT2D eigenvalue weighted by Crippen LogP contribution is 2.38. The third kappa shape index (κ3) is 4.99. The Morgan fingerprint density at radius 3 is 2.57 bits per heavy atom. The molecule has 0 fully saturated rings. The van der Waals surface area contributed by atoms with E-state index in [1.165, 1.54) is 11.3 Å². The Morgan fingerprint density at radius 2 is 1.83 bits per heavy atom. The van der Waals surface area contributed by atoms with E-state index >= 15 is 0 Å². The summed E-state index contributed by atoms with van der Waals surface area (Å²) in [6, 6.07) is 6.89. The van der Waals surface area contributed by atoms with Crippen LogP contribution >= 0.6 is 11.3 Å². The number of hydrogen-bond donors (Lipinski definition) is 2. The van der Waals surface area contributed by atoms with Gasteiger partial charge in [-0.05, 0) is 57.2 Å². The van der Waals surface area contributed by atoms with Crippen LogP contribution in [0.2, 0.25) is 0 Å². The Labute approximate surface area is 179 Å². The van der Waals surface area contributed by atoms with E-state index in [2.05, 4.69) is 10.6 Å². The van der Waals surface area contributed by atoms with E-state index in [0.29, 0.717) is 21.8 Å². The monoisotopic (exact) mass is 430 g/mol. The Balaban J connectivity index is 1.71. The van der Waals surface area contributed by atoms with Crippen molar-refractivity contribution in [3.8, 4) is 0 Å². The average Bonchev–Trinajstić information content (AvgIpc) is 3.09. The van der Waals surface area contributed by atoms with Crippen LogP contribution in [0, 0.1) is 0 Å². The Kier molecular flexibility index (Phi) is 7.10. The predicted molar refractivity (Wildman–Crippen MR) is 116 cm³/mol. The van der Waals surface area contributed by atoms with Crippen LogP contribution in [-0.4, -0.2) is 37.6 Å². The molecule has 0 aliphatic heterocycles. The first-order valence-electron chi connectivity index (χ1n) is 10.00. The van der Waals surface area contributed by atoms with Crippen LogP contribution in [0.25, 0.3) is 0 Å². The molecule has 2 aromatic rings. The second-order valence-corrected chi connectivity index (χ2v) is 8.39. The zero-order chi connectivity index (χ0) is 21.7. The SMILES string of the molecule is CNc1ccccc1C(=O)OCC(=O)Nc1sc2c(c1C(=O)OC(C)C)CCCC2. The molecule has 1 aromatic heterocycles. The van der Waals surface area contributed by atoms with Crippen molar-refractivity contribution in [2.75, 3.05) is 24.3 Å². The van der Waals surface area contributed by atoms with E-state index in [9.17, 15) is 14.4 Å². The van der Waals surface area contributed by atoms with Crippen LogP contribution in [0.15, 0.2) is 24.3 Å². The fraction of sp³-hybridized carbons (Fsp3) is 0.409. The molecule has 0 saturated carbocycles. The molecule has 3 rings (SSSR count). The van der Waals surface area contributed by atoms with Crippen molar-refractivity contribution >= 4 is 39.9 Å². The molecule has 0 saturated heterocycles. The summed E-state index contributed by atoms with van der Waals surface area (Å²) in [6.07, 6.45) is 3.48. The Bertz CT molecular complexity index is 951. The molecular weight excluding hydrogens is 404 g/mol.